The molecule has 2 aromatic rings. The number of fused-ring (bicyclic) bond motifs is 1. The zero-order valence-corrected chi connectivity index (χ0v) is 8.28. The average molecular weight is 209 g/mol. The lowest BCUT2D eigenvalue weighted by atomic mass is 10.3. The number of hydrazine groups is 1. The molecule has 0 fully saturated rings. The van der Waals surface area contributed by atoms with Crippen LogP contribution in [0.15, 0.2) is 24.3 Å². The molecule has 2 rings (SSSR count). The Hall–Kier alpha value is -1.04. The molecule has 0 saturated carbocycles. The third-order valence-electron chi connectivity index (χ3n) is 1.62. The fourth-order valence-electron chi connectivity index (χ4n) is 1.03. The first-order valence-corrected chi connectivity index (χ1v) is 4.90. The van der Waals surface area contributed by atoms with Gasteiger partial charge in [-0.3, -0.25) is 0 Å². The van der Waals surface area contributed by atoms with Crippen molar-refractivity contribution >= 4 is 38.8 Å². The highest BCUT2D eigenvalue weighted by Gasteiger charge is 2.05. The van der Waals surface area contributed by atoms with Gasteiger partial charge in [0, 0.05) is 0 Å². The number of benzene rings is 1. The average Bonchev–Trinajstić information content (AvgIpc) is 2.59. The smallest absolute Gasteiger partial charge is 0.153 e. The molecule has 0 spiro atoms. The third-order valence-corrected chi connectivity index (χ3v) is 3.11. The summed E-state index contributed by atoms with van der Waals surface area (Å²) in [4.78, 5) is 4.81. The van der Waals surface area contributed by atoms with Gasteiger partial charge in [0.1, 0.15) is 4.99 Å². The molecule has 0 aliphatic rings. The van der Waals surface area contributed by atoms with Crippen LogP contribution in [0.5, 0.6) is 0 Å². The van der Waals surface area contributed by atoms with Crippen molar-refractivity contribution in [2.45, 2.75) is 0 Å². The molecule has 66 valence electrons. The molecule has 5 heteroatoms. The number of thiocarbonyl (C=S) groups is 1. The minimum Gasteiger partial charge on any atom is -0.312 e. The summed E-state index contributed by atoms with van der Waals surface area (Å²) in [6, 6.07) is 7.89. The van der Waals surface area contributed by atoms with Crippen molar-refractivity contribution in [3.8, 4) is 0 Å². The van der Waals surface area contributed by atoms with Crippen LogP contribution in [-0.4, -0.2) is 9.97 Å². The summed E-state index contributed by atoms with van der Waals surface area (Å²) < 4.78 is 1.12. The van der Waals surface area contributed by atoms with Gasteiger partial charge in [-0.15, -0.1) is 11.3 Å². The zero-order valence-electron chi connectivity index (χ0n) is 6.65. The Balaban J connectivity index is 2.56. The lowest BCUT2D eigenvalue weighted by Crippen LogP contribution is -2.28. The molecule has 0 atom stereocenters. The number of thiazole rings is 1. The number of nitrogens with one attached hydrogen (secondary N) is 1. The molecule has 0 radical (unpaired) electrons. The number of aromatic nitrogens is 1. The number of nitrogens with two attached hydrogens (primary N) is 1. The normalized spacial score (nSPS) is 10.2. The van der Waals surface area contributed by atoms with Crippen LogP contribution >= 0.6 is 23.6 Å². The van der Waals surface area contributed by atoms with E-state index in [1.54, 1.807) is 0 Å². The quantitative estimate of drug-likeness (QED) is 0.424. The Labute approximate surface area is 84.6 Å². The molecular formula is C8H7N3S2. The molecule has 0 bridgehead atoms. The number of rotatable bonds is 1. The molecule has 1 heterocycles. The van der Waals surface area contributed by atoms with Gasteiger partial charge in [0.15, 0.2) is 5.01 Å². The highest BCUT2D eigenvalue weighted by atomic mass is 32.1. The van der Waals surface area contributed by atoms with E-state index in [-0.39, 0.29) is 0 Å². The van der Waals surface area contributed by atoms with E-state index >= 15 is 0 Å². The van der Waals surface area contributed by atoms with E-state index in [9.17, 15) is 0 Å². The molecule has 3 N–H and O–H groups in total. The summed E-state index contributed by atoms with van der Waals surface area (Å²) in [6.45, 7) is 0. The number of hydrogen-bond donors (Lipinski definition) is 2. The van der Waals surface area contributed by atoms with Gasteiger partial charge in [-0.1, -0.05) is 24.4 Å². The summed E-state index contributed by atoms with van der Waals surface area (Å²) in [5.41, 5.74) is 3.38. The van der Waals surface area contributed by atoms with Gasteiger partial charge in [-0.05, 0) is 12.1 Å². The van der Waals surface area contributed by atoms with Crippen molar-refractivity contribution in [1.29, 1.82) is 0 Å². The molecular weight excluding hydrogens is 202 g/mol. The summed E-state index contributed by atoms with van der Waals surface area (Å²) in [5, 5.41) is 0.763. The number of hydrogen-bond acceptors (Lipinski definition) is 4. The summed E-state index contributed by atoms with van der Waals surface area (Å²) in [5.74, 6) is 5.20. The van der Waals surface area contributed by atoms with E-state index in [4.69, 9.17) is 18.1 Å². The molecule has 1 aromatic carbocycles. The van der Waals surface area contributed by atoms with Crippen molar-refractivity contribution in [3.05, 3.63) is 29.3 Å². The third kappa shape index (κ3) is 1.53. The van der Waals surface area contributed by atoms with E-state index in [0.29, 0.717) is 4.99 Å². The maximum atomic E-state index is 5.20. The molecule has 3 nitrogen and oxygen atoms in total. The maximum Gasteiger partial charge on any atom is 0.153 e. The predicted octanol–water partition coefficient (Wildman–Crippen LogP) is 1.44. The Morgan fingerprint density at radius 1 is 1.46 bits per heavy atom. The first-order chi connectivity index (χ1) is 6.31. The summed E-state index contributed by atoms with van der Waals surface area (Å²) >= 11 is 6.51. The van der Waals surface area contributed by atoms with E-state index in [0.717, 1.165) is 15.2 Å². The molecule has 0 saturated heterocycles. The van der Waals surface area contributed by atoms with Crippen molar-refractivity contribution in [2.24, 2.45) is 5.84 Å². The topological polar surface area (TPSA) is 50.9 Å². The van der Waals surface area contributed by atoms with Crippen molar-refractivity contribution in [2.75, 3.05) is 0 Å². The highest BCUT2D eigenvalue weighted by molar-refractivity contribution is 7.81. The van der Waals surface area contributed by atoms with E-state index in [1.165, 1.54) is 11.3 Å². The minimum absolute atomic E-state index is 0.487. The molecule has 0 aliphatic heterocycles. The zero-order chi connectivity index (χ0) is 9.26. The first kappa shape index (κ1) is 8.55. The van der Waals surface area contributed by atoms with Crippen LogP contribution < -0.4 is 11.3 Å². The van der Waals surface area contributed by atoms with Crippen LogP contribution in [0, 0.1) is 0 Å². The second-order valence-electron chi connectivity index (χ2n) is 2.46. The van der Waals surface area contributed by atoms with Gasteiger partial charge in [-0.25, -0.2) is 10.8 Å². The number of para-hydroxylation sites is 1. The highest BCUT2D eigenvalue weighted by Crippen LogP contribution is 2.21. The van der Waals surface area contributed by atoms with Crippen LogP contribution in [0.2, 0.25) is 0 Å². The van der Waals surface area contributed by atoms with Gasteiger partial charge >= 0.3 is 0 Å². The predicted molar refractivity (Wildman–Crippen MR) is 58.6 cm³/mol. The van der Waals surface area contributed by atoms with E-state index < -0.39 is 0 Å². The van der Waals surface area contributed by atoms with Gasteiger partial charge in [0.25, 0.3) is 0 Å². The lowest BCUT2D eigenvalue weighted by molar-refractivity contribution is 1.05. The first-order valence-electron chi connectivity index (χ1n) is 3.68. The molecule has 13 heavy (non-hydrogen) atoms. The van der Waals surface area contributed by atoms with Crippen LogP contribution in [-0.2, 0) is 0 Å². The van der Waals surface area contributed by atoms with Crippen LogP contribution in [0.25, 0.3) is 10.2 Å². The standard InChI is InChI=1S/C8H7N3S2/c9-11-7(12)8-10-5-3-1-2-4-6(5)13-8/h1-4H,9H2,(H,11,12). The van der Waals surface area contributed by atoms with Crippen LogP contribution in [0.1, 0.15) is 5.01 Å². The molecule has 0 unspecified atom stereocenters. The maximum absolute atomic E-state index is 5.20. The van der Waals surface area contributed by atoms with Crippen molar-refractivity contribution < 1.29 is 0 Å². The summed E-state index contributed by atoms with van der Waals surface area (Å²) in [6.07, 6.45) is 0. The second-order valence-corrected chi connectivity index (χ2v) is 3.90. The molecule has 1 aromatic heterocycles. The second kappa shape index (κ2) is 3.37. The van der Waals surface area contributed by atoms with Crippen LogP contribution in [0.4, 0.5) is 0 Å². The molecule has 0 aliphatic carbocycles. The van der Waals surface area contributed by atoms with Gasteiger partial charge < -0.3 is 5.43 Å². The number of nitrogens with zero attached hydrogens (tertiary/aromatic N) is 1. The summed E-state index contributed by atoms with van der Waals surface area (Å²) in [7, 11) is 0. The SMILES string of the molecule is NNC(=S)c1nc2ccccc2s1. The van der Waals surface area contributed by atoms with Crippen molar-refractivity contribution in [1.82, 2.24) is 10.4 Å². The fourth-order valence-corrected chi connectivity index (χ4v) is 2.07. The molecule has 0 amide bonds. The van der Waals surface area contributed by atoms with Gasteiger partial charge in [-0.2, -0.15) is 0 Å². The Bertz CT molecular complexity index is 416. The fraction of sp³-hybridized carbons (Fsp3) is 0. The van der Waals surface area contributed by atoms with E-state index in [2.05, 4.69) is 10.4 Å². The largest absolute Gasteiger partial charge is 0.312 e. The van der Waals surface area contributed by atoms with Gasteiger partial charge in [0.2, 0.25) is 0 Å². The van der Waals surface area contributed by atoms with Crippen LogP contribution in [0.3, 0.4) is 0 Å². The Morgan fingerprint density at radius 2 is 2.23 bits per heavy atom. The monoisotopic (exact) mass is 209 g/mol. The van der Waals surface area contributed by atoms with Crippen molar-refractivity contribution in [3.63, 3.8) is 0 Å². The lowest BCUT2D eigenvalue weighted by Gasteiger charge is -1.93. The minimum atomic E-state index is 0.487. The Kier molecular flexibility index (Phi) is 2.22. The van der Waals surface area contributed by atoms with Gasteiger partial charge in [0.05, 0.1) is 10.2 Å². The Morgan fingerprint density at radius 3 is 2.92 bits per heavy atom. The van der Waals surface area contributed by atoms with E-state index in [1.807, 2.05) is 24.3 Å².